The van der Waals surface area contributed by atoms with Crippen molar-refractivity contribution in [3.63, 3.8) is 0 Å². The number of nitrogens with two attached hydrogens (primary N) is 1. The van der Waals surface area contributed by atoms with Gasteiger partial charge in [-0.15, -0.1) is 0 Å². The fraction of sp³-hybridized carbons (Fsp3) is 0.833. The van der Waals surface area contributed by atoms with Gasteiger partial charge in [-0.05, 0) is 18.4 Å². The van der Waals surface area contributed by atoms with Crippen molar-refractivity contribution < 1.29 is 0 Å². The van der Waals surface area contributed by atoms with Gasteiger partial charge in [0.15, 0.2) is 5.96 Å². The number of nitrogens with one attached hydrogen (secondary N) is 1. The van der Waals surface area contributed by atoms with Crippen LogP contribution in [0.5, 0.6) is 0 Å². The summed E-state index contributed by atoms with van der Waals surface area (Å²) in [5.41, 5.74) is 5.39. The highest BCUT2D eigenvalue weighted by molar-refractivity contribution is 7.98. The van der Waals surface area contributed by atoms with Gasteiger partial charge < -0.3 is 11.1 Å². The van der Waals surface area contributed by atoms with Gasteiger partial charge in [0.05, 0.1) is 0 Å². The van der Waals surface area contributed by atoms with E-state index < -0.39 is 0 Å². The van der Waals surface area contributed by atoms with Crippen LogP contribution in [0.15, 0.2) is 4.99 Å². The molecule has 4 heteroatoms. The molecule has 3 N–H and O–H groups in total. The highest BCUT2D eigenvalue weighted by Crippen LogP contribution is 1.92. The van der Waals surface area contributed by atoms with E-state index in [1.54, 1.807) is 7.05 Å². The monoisotopic (exact) mass is 161 g/mol. The van der Waals surface area contributed by atoms with Crippen molar-refractivity contribution in [2.45, 2.75) is 6.42 Å². The summed E-state index contributed by atoms with van der Waals surface area (Å²) < 4.78 is 0. The predicted molar refractivity (Wildman–Crippen MR) is 48.5 cm³/mol. The number of guanidine groups is 1. The maximum absolute atomic E-state index is 5.39. The molecule has 0 aromatic heterocycles. The van der Waals surface area contributed by atoms with E-state index in [2.05, 4.69) is 16.6 Å². The van der Waals surface area contributed by atoms with Crippen LogP contribution in [0, 0.1) is 0 Å². The topological polar surface area (TPSA) is 50.4 Å². The smallest absolute Gasteiger partial charge is 0.188 e. The summed E-state index contributed by atoms with van der Waals surface area (Å²) in [6, 6.07) is 0. The Kier molecular flexibility index (Phi) is 6.48. The molecule has 0 heterocycles. The van der Waals surface area contributed by atoms with Gasteiger partial charge in [-0.1, -0.05) is 0 Å². The zero-order valence-corrected chi connectivity index (χ0v) is 7.37. The van der Waals surface area contributed by atoms with E-state index in [0.29, 0.717) is 5.96 Å². The maximum atomic E-state index is 5.39. The number of rotatable bonds is 4. The SMILES string of the molecule is CN=C(N)NCCCSC. The lowest BCUT2D eigenvalue weighted by atomic mass is 10.5. The maximum Gasteiger partial charge on any atom is 0.188 e. The van der Waals surface area contributed by atoms with E-state index in [0.717, 1.165) is 13.0 Å². The lowest BCUT2D eigenvalue weighted by Gasteiger charge is -2.02. The first kappa shape index (κ1) is 9.62. The van der Waals surface area contributed by atoms with Gasteiger partial charge in [0.1, 0.15) is 0 Å². The second kappa shape index (κ2) is 6.74. The molecule has 0 aliphatic carbocycles. The third kappa shape index (κ3) is 5.75. The molecule has 0 aromatic carbocycles. The molecule has 0 radical (unpaired) electrons. The predicted octanol–water partition coefficient (Wildman–Crippen LogP) is 0.274. The minimum atomic E-state index is 0.529. The minimum absolute atomic E-state index is 0.529. The molecule has 60 valence electrons. The highest BCUT2D eigenvalue weighted by Gasteiger charge is 1.87. The average molecular weight is 161 g/mol. The minimum Gasteiger partial charge on any atom is -0.370 e. The van der Waals surface area contributed by atoms with Crippen LogP contribution in [-0.4, -0.2) is 31.6 Å². The van der Waals surface area contributed by atoms with Crippen molar-refractivity contribution in [2.75, 3.05) is 25.6 Å². The molecule has 0 amide bonds. The number of hydrogen-bond donors (Lipinski definition) is 2. The van der Waals surface area contributed by atoms with Gasteiger partial charge in [0.2, 0.25) is 0 Å². The average Bonchev–Trinajstić information content (AvgIpc) is 1.98. The van der Waals surface area contributed by atoms with Gasteiger partial charge in [-0.25, -0.2) is 0 Å². The van der Waals surface area contributed by atoms with E-state index in [1.807, 2.05) is 11.8 Å². The molecule has 3 nitrogen and oxygen atoms in total. The number of nitrogens with zero attached hydrogens (tertiary/aromatic N) is 1. The molecule has 0 saturated carbocycles. The Morgan fingerprint density at radius 3 is 2.90 bits per heavy atom. The molecule has 0 aliphatic heterocycles. The summed E-state index contributed by atoms with van der Waals surface area (Å²) >= 11 is 1.84. The third-order valence-electron chi connectivity index (χ3n) is 1.07. The van der Waals surface area contributed by atoms with Crippen molar-refractivity contribution in [3.8, 4) is 0 Å². The summed E-state index contributed by atoms with van der Waals surface area (Å²) in [4.78, 5) is 3.76. The van der Waals surface area contributed by atoms with Crippen LogP contribution in [0.1, 0.15) is 6.42 Å². The summed E-state index contributed by atoms with van der Waals surface area (Å²) in [5, 5.41) is 2.98. The second-order valence-electron chi connectivity index (χ2n) is 1.88. The zero-order chi connectivity index (χ0) is 7.82. The van der Waals surface area contributed by atoms with Crippen LogP contribution < -0.4 is 11.1 Å². The first-order chi connectivity index (χ1) is 4.81. The van der Waals surface area contributed by atoms with Crippen molar-refractivity contribution in [2.24, 2.45) is 10.7 Å². The zero-order valence-electron chi connectivity index (χ0n) is 6.55. The lowest BCUT2D eigenvalue weighted by molar-refractivity contribution is 0.840. The van der Waals surface area contributed by atoms with E-state index in [-0.39, 0.29) is 0 Å². The summed E-state index contributed by atoms with van der Waals surface area (Å²) in [6.07, 6.45) is 3.23. The molecule has 0 spiro atoms. The molecule has 0 saturated heterocycles. The number of aliphatic imine (C=N–C) groups is 1. The highest BCUT2D eigenvalue weighted by atomic mass is 32.2. The third-order valence-corrected chi connectivity index (χ3v) is 1.77. The Balaban J connectivity index is 3.04. The van der Waals surface area contributed by atoms with E-state index in [1.165, 1.54) is 5.75 Å². The molecule has 0 bridgehead atoms. The van der Waals surface area contributed by atoms with Crippen molar-refractivity contribution >= 4 is 17.7 Å². The number of hydrogen-bond acceptors (Lipinski definition) is 2. The molecular weight excluding hydrogens is 146 g/mol. The Bertz CT molecular complexity index is 103. The van der Waals surface area contributed by atoms with E-state index in [4.69, 9.17) is 5.73 Å². The van der Waals surface area contributed by atoms with E-state index >= 15 is 0 Å². The second-order valence-corrected chi connectivity index (χ2v) is 2.87. The summed E-state index contributed by atoms with van der Waals surface area (Å²) in [5.74, 6) is 1.70. The molecule has 10 heavy (non-hydrogen) atoms. The Morgan fingerprint density at radius 2 is 2.40 bits per heavy atom. The fourth-order valence-corrected chi connectivity index (χ4v) is 0.945. The molecule has 0 unspecified atom stereocenters. The quantitative estimate of drug-likeness (QED) is 0.353. The van der Waals surface area contributed by atoms with Gasteiger partial charge in [0.25, 0.3) is 0 Å². The Hall–Kier alpha value is -0.380. The van der Waals surface area contributed by atoms with Crippen LogP contribution in [-0.2, 0) is 0 Å². The molecular formula is C6H15N3S. The van der Waals surface area contributed by atoms with Crippen LogP contribution in [0.2, 0.25) is 0 Å². The van der Waals surface area contributed by atoms with Gasteiger partial charge >= 0.3 is 0 Å². The molecule has 0 atom stereocenters. The van der Waals surface area contributed by atoms with Gasteiger partial charge in [0, 0.05) is 13.6 Å². The summed E-state index contributed by atoms with van der Waals surface area (Å²) in [7, 11) is 1.68. The largest absolute Gasteiger partial charge is 0.370 e. The van der Waals surface area contributed by atoms with Crippen LogP contribution in [0.3, 0.4) is 0 Å². The Labute approximate surface area is 66.5 Å². The molecule has 0 rings (SSSR count). The van der Waals surface area contributed by atoms with Crippen molar-refractivity contribution in [1.29, 1.82) is 0 Å². The standard InChI is InChI=1S/C6H15N3S/c1-8-6(7)9-4-3-5-10-2/h3-5H2,1-2H3,(H3,7,8,9). The van der Waals surface area contributed by atoms with Crippen LogP contribution in [0.4, 0.5) is 0 Å². The Morgan fingerprint density at radius 1 is 1.70 bits per heavy atom. The first-order valence-corrected chi connectivity index (χ1v) is 4.65. The normalized spacial score (nSPS) is 11.6. The van der Waals surface area contributed by atoms with Crippen LogP contribution >= 0.6 is 11.8 Å². The lowest BCUT2D eigenvalue weighted by Crippen LogP contribution is -2.32. The molecule has 0 aliphatic rings. The summed E-state index contributed by atoms with van der Waals surface area (Å²) in [6.45, 7) is 0.921. The number of thioether (sulfide) groups is 1. The van der Waals surface area contributed by atoms with Crippen molar-refractivity contribution in [3.05, 3.63) is 0 Å². The molecule has 0 fully saturated rings. The first-order valence-electron chi connectivity index (χ1n) is 3.26. The van der Waals surface area contributed by atoms with Gasteiger partial charge in [-0.2, -0.15) is 11.8 Å². The van der Waals surface area contributed by atoms with Crippen molar-refractivity contribution in [1.82, 2.24) is 5.32 Å². The van der Waals surface area contributed by atoms with Crippen LogP contribution in [0.25, 0.3) is 0 Å². The van der Waals surface area contributed by atoms with E-state index in [9.17, 15) is 0 Å². The fourth-order valence-electron chi connectivity index (χ4n) is 0.512. The van der Waals surface area contributed by atoms with Gasteiger partial charge in [-0.3, -0.25) is 4.99 Å². The molecule has 0 aromatic rings.